The fraction of sp³-hybridized carbons (Fsp3) is 0.500. The average molecular weight is 269 g/mol. The Morgan fingerprint density at radius 3 is 1.88 bits per heavy atom. The van der Waals surface area contributed by atoms with Crippen molar-refractivity contribution in [1.29, 1.82) is 0 Å². The van der Waals surface area contributed by atoms with Crippen LogP contribution in [0, 0.1) is 5.82 Å². The van der Waals surface area contributed by atoms with E-state index in [0.29, 0.717) is 0 Å². The van der Waals surface area contributed by atoms with Gasteiger partial charge in [-0.25, -0.2) is 4.39 Å². The average Bonchev–Trinajstić information content (AvgIpc) is 2.29. The van der Waals surface area contributed by atoms with Crippen molar-refractivity contribution in [2.24, 2.45) is 0 Å². The number of halogens is 3. The summed E-state index contributed by atoms with van der Waals surface area (Å²) in [4.78, 5) is 0. The zero-order valence-corrected chi connectivity index (χ0v) is 11.8. The van der Waals surface area contributed by atoms with Gasteiger partial charge in [-0.1, -0.05) is 50.9 Å². The summed E-state index contributed by atoms with van der Waals surface area (Å²) >= 11 is 11.3. The lowest BCUT2D eigenvalue weighted by Crippen LogP contribution is -1.95. The summed E-state index contributed by atoms with van der Waals surface area (Å²) < 4.78 is 12.8. The highest BCUT2D eigenvalue weighted by Gasteiger charge is 2.14. The third-order valence-corrected chi connectivity index (χ3v) is 2.21. The molecule has 0 bridgehead atoms. The lowest BCUT2D eigenvalue weighted by atomic mass is 10.1. The van der Waals surface area contributed by atoms with Crippen LogP contribution in [0.4, 0.5) is 4.39 Å². The van der Waals surface area contributed by atoms with Gasteiger partial charge in [0.2, 0.25) is 0 Å². The maximum absolute atomic E-state index is 12.8. The van der Waals surface area contributed by atoms with Crippen LogP contribution in [0.2, 0.25) is 10.0 Å². The van der Waals surface area contributed by atoms with Crippen LogP contribution in [0.1, 0.15) is 46.3 Å². The van der Waals surface area contributed by atoms with E-state index >= 15 is 0 Å². The smallest absolute Gasteiger partial charge is 0.142 e. The maximum atomic E-state index is 12.8. The van der Waals surface area contributed by atoms with Gasteiger partial charge in [0, 0.05) is 10.6 Å². The van der Waals surface area contributed by atoms with E-state index in [2.05, 4.69) is 0 Å². The highest BCUT2D eigenvalue weighted by molar-refractivity contribution is 6.36. The second-order valence-electron chi connectivity index (χ2n) is 2.43. The first kappa shape index (κ1) is 18.1. The molecule has 1 aromatic rings. The van der Waals surface area contributed by atoms with Crippen LogP contribution in [0.5, 0.6) is 0 Å². The van der Waals surface area contributed by atoms with Gasteiger partial charge in [0.15, 0.2) is 0 Å². The largest absolute Gasteiger partial charge is 0.389 e. The van der Waals surface area contributed by atoms with Crippen LogP contribution < -0.4 is 0 Å². The quantitative estimate of drug-likeness (QED) is 0.691. The second kappa shape index (κ2) is 9.88. The first-order valence-corrected chi connectivity index (χ1v) is 6.11. The predicted octanol–water partition coefficient (Wildman–Crippen LogP) is 5.24. The monoisotopic (exact) mass is 268 g/mol. The summed E-state index contributed by atoms with van der Waals surface area (Å²) in [5.74, 6) is -0.572. The highest BCUT2D eigenvalue weighted by atomic mass is 35.5. The third kappa shape index (κ3) is 5.15. The molecule has 0 aliphatic rings. The van der Waals surface area contributed by atoms with Gasteiger partial charge in [-0.2, -0.15) is 0 Å². The Hall–Kier alpha value is -0.310. The first-order valence-electron chi connectivity index (χ1n) is 5.35. The third-order valence-electron chi connectivity index (χ3n) is 1.50. The fourth-order valence-electron chi connectivity index (χ4n) is 0.926. The first-order chi connectivity index (χ1) is 7.54. The molecule has 1 aromatic carbocycles. The Labute approximate surface area is 107 Å². The number of hydrogen-bond acceptors (Lipinski definition) is 1. The van der Waals surface area contributed by atoms with Crippen molar-refractivity contribution < 1.29 is 9.50 Å². The molecule has 0 heterocycles. The molecule has 94 valence electrons. The molecule has 0 spiro atoms. The van der Waals surface area contributed by atoms with Crippen LogP contribution >= 0.6 is 23.2 Å². The Bertz CT molecular complexity index is 301. The van der Waals surface area contributed by atoms with Gasteiger partial charge in [-0.05, 0) is 19.1 Å². The number of hydrogen-bond donors (Lipinski definition) is 1. The molecule has 0 saturated carbocycles. The SMILES string of the molecule is CC.CC.CC(O)c1c(Cl)ccc(F)c1Cl. The van der Waals surface area contributed by atoms with Crippen LogP contribution in [-0.2, 0) is 0 Å². The Kier molecular flexibility index (Phi) is 11.2. The molecule has 1 nitrogen and oxygen atoms in total. The minimum atomic E-state index is -0.860. The van der Waals surface area contributed by atoms with E-state index in [-0.39, 0.29) is 15.6 Å². The molecule has 1 atom stereocenters. The van der Waals surface area contributed by atoms with Crippen molar-refractivity contribution >= 4 is 23.2 Å². The summed E-state index contributed by atoms with van der Waals surface area (Å²) in [5.41, 5.74) is 0.235. The van der Waals surface area contributed by atoms with E-state index in [1.165, 1.54) is 13.0 Å². The van der Waals surface area contributed by atoms with Crippen molar-refractivity contribution in [2.75, 3.05) is 0 Å². The van der Waals surface area contributed by atoms with Gasteiger partial charge in [-0.3, -0.25) is 0 Å². The number of aliphatic hydroxyl groups excluding tert-OH is 1. The highest BCUT2D eigenvalue weighted by Crippen LogP contribution is 2.31. The van der Waals surface area contributed by atoms with Gasteiger partial charge in [-0.15, -0.1) is 0 Å². The molecule has 1 unspecified atom stereocenters. The molecular weight excluding hydrogens is 250 g/mol. The maximum Gasteiger partial charge on any atom is 0.142 e. The fourth-order valence-corrected chi connectivity index (χ4v) is 1.61. The molecule has 0 aliphatic carbocycles. The second-order valence-corrected chi connectivity index (χ2v) is 3.22. The molecule has 16 heavy (non-hydrogen) atoms. The Balaban J connectivity index is 0. The predicted molar refractivity (Wildman–Crippen MR) is 69.7 cm³/mol. The summed E-state index contributed by atoms with van der Waals surface area (Å²) in [6.45, 7) is 9.48. The molecular formula is C12H19Cl2FO. The van der Waals surface area contributed by atoms with Crippen molar-refractivity contribution in [3.05, 3.63) is 33.6 Å². The number of rotatable bonds is 1. The van der Waals surface area contributed by atoms with Crippen LogP contribution in [0.15, 0.2) is 12.1 Å². The molecule has 1 N–H and O–H groups in total. The van der Waals surface area contributed by atoms with Crippen LogP contribution in [0.3, 0.4) is 0 Å². The summed E-state index contributed by atoms with van der Waals surface area (Å²) in [6.07, 6.45) is -0.860. The zero-order valence-electron chi connectivity index (χ0n) is 10.3. The van der Waals surface area contributed by atoms with Gasteiger partial charge in [0.1, 0.15) is 5.82 Å². The summed E-state index contributed by atoms with van der Waals surface area (Å²) in [6, 6.07) is 2.53. The number of benzene rings is 1. The van der Waals surface area contributed by atoms with Crippen molar-refractivity contribution in [2.45, 2.75) is 40.7 Å². The van der Waals surface area contributed by atoms with E-state index in [4.69, 9.17) is 23.2 Å². The number of aliphatic hydroxyl groups is 1. The van der Waals surface area contributed by atoms with Crippen molar-refractivity contribution in [3.63, 3.8) is 0 Å². The zero-order chi connectivity index (χ0) is 13.3. The lowest BCUT2D eigenvalue weighted by molar-refractivity contribution is 0.199. The molecule has 1 rings (SSSR count). The van der Waals surface area contributed by atoms with E-state index in [9.17, 15) is 9.50 Å². The standard InChI is InChI=1S/C8H7Cl2FO.2C2H6/c1-4(12)7-5(9)2-3-6(11)8(7)10;2*1-2/h2-4,12H,1H3;2*1-2H3. The van der Waals surface area contributed by atoms with E-state index in [1.807, 2.05) is 27.7 Å². The molecule has 4 heteroatoms. The Morgan fingerprint density at radius 2 is 1.56 bits per heavy atom. The Morgan fingerprint density at radius 1 is 1.12 bits per heavy atom. The molecule has 0 radical (unpaired) electrons. The normalized spacial score (nSPS) is 10.6. The lowest BCUT2D eigenvalue weighted by Gasteiger charge is -2.09. The summed E-state index contributed by atoms with van der Waals surface area (Å²) in [5, 5.41) is 9.34. The van der Waals surface area contributed by atoms with E-state index < -0.39 is 11.9 Å². The van der Waals surface area contributed by atoms with E-state index in [1.54, 1.807) is 0 Å². The molecule has 0 aromatic heterocycles. The minimum Gasteiger partial charge on any atom is -0.389 e. The molecule has 0 fully saturated rings. The molecule has 0 aliphatic heterocycles. The van der Waals surface area contributed by atoms with Gasteiger partial charge >= 0.3 is 0 Å². The van der Waals surface area contributed by atoms with Crippen molar-refractivity contribution in [3.8, 4) is 0 Å². The molecule has 0 amide bonds. The van der Waals surface area contributed by atoms with E-state index in [0.717, 1.165) is 6.07 Å². The van der Waals surface area contributed by atoms with Gasteiger partial charge in [0.25, 0.3) is 0 Å². The van der Waals surface area contributed by atoms with Crippen molar-refractivity contribution in [1.82, 2.24) is 0 Å². The van der Waals surface area contributed by atoms with Gasteiger partial charge in [0.05, 0.1) is 11.1 Å². The minimum absolute atomic E-state index is 0.113. The topological polar surface area (TPSA) is 20.2 Å². The van der Waals surface area contributed by atoms with Crippen LogP contribution in [-0.4, -0.2) is 5.11 Å². The van der Waals surface area contributed by atoms with Gasteiger partial charge < -0.3 is 5.11 Å². The molecule has 0 saturated heterocycles. The van der Waals surface area contributed by atoms with Crippen LogP contribution in [0.25, 0.3) is 0 Å². The summed E-state index contributed by atoms with van der Waals surface area (Å²) in [7, 11) is 0.